The van der Waals surface area contributed by atoms with Crippen LogP contribution in [0.2, 0.25) is 0 Å². The van der Waals surface area contributed by atoms with Crippen LogP contribution in [0.4, 0.5) is 10.5 Å². The van der Waals surface area contributed by atoms with Crippen molar-refractivity contribution in [3.63, 3.8) is 0 Å². The van der Waals surface area contributed by atoms with Crippen LogP contribution in [0.25, 0.3) is 0 Å². The van der Waals surface area contributed by atoms with Gasteiger partial charge in [0.1, 0.15) is 0 Å². The number of carbonyl (C=O) groups is 2. The van der Waals surface area contributed by atoms with Gasteiger partial charge in [-0.3, -0.25) is 10.1 Å². The number of nitrogens with one attached hydrogen (secondary N) is 3. The van der Waals surface area contributed by atoms with Gasteiger partial charge in [-0.25, -0.2) is 13.2 Å². The summed E-state index contributed by atoms with van der Waals surface area (Å²) in [6, 6.07) is 4.57. The van der Waals surface area contributed by atoms with E-state index in [1.807, 2.05) is 0 Å². The van der Waals surface area contributed by atoms with Crippen molar-refractivity contribution in [2.75, 3.05) is 25.0 Å². The fourth-order valence-corrected chi connectivity index (χ4v) is 5.04. The summed E-state index contributed by atoms with van der Waals surface area (Å²) in [5.74, 6) is -0.482. The SMILES string of the molecule is CCN(CC)S(=O)(=O)c1cc(NCC(=O)NC(=O)NC2CCCC2)ccc1C. The molecule has 0 aromatic heterocycles. The van der Waals surface area contributed by atoms with Crippen molar-refractivity contribution < 1.29 is 18.0 Å². The molecule has 9 heteroatoms. The van der Waals surface area contributed by atoms with Crippen molar-refractivity contribution >= 4 is 27.6 Å². The fraction of sp³-hybridized carbons (Fsp3) is 0.579. The largest absolute Gasteiger partial charge is 0.376 e. The fourth-order valence-electron chi connectivity index (χ4n) is 3.34. The summed E-state index contributed by atoms with van der Waals surface area (Å²) >= 11 is 0. The molecular weight excluding hydrogens is 380 g/mol. The smallest absolute Gasteiger partial charge is 0.321 e. The lowest BCUT2D eigenvalue weighted by atomic mass is 10.2. The molecule has 3 N–H and O–H groups in total. The number of anilines is 1. The molecule has 28 heavy (non-hydrogen) atoms. The third-order valence-electron chi connectivity index (χ3n) is 4.91. The number of imide groups is 1. The second-order valence-electron chi connectivity index (χ2n) is 6.93. The Kier molecular flexibility index (Phi) is 7.82. The van der Waals surface area contributed by atoms with Crippen molar-refractivity contribution in [2.24, 2.45) is 0 Å². The first-order chi connectivity index (χ1) is 13.3. The number of carbonyl (C=O) groups excluding carboxylic acids is 2. The summed E-state index contributed by atoms with van der Waals surface area (Å²) in [4.78, 5) is 24.0. The van der Waals surface area contributed by atoms with Gasteiger partial charge in [-0.2, -0.15) is 4.31 Å². The first-order valence-electron chi connectivity index (χ1n) is 9.73. The number of sulfonamides is 1. The molecular formula is C19H30N4O4S. The van der Waals surface area contributed by atoms with Crippen molar-refractivity contribution in [1.29, 1.82) is 0 Å². The number of hydrogen-bond acceptors (Lipinski definition) is 5. The molecule has 1 aromatic rings. The minimum absolute atomic E-state index is 0.130. The predicted molar refractivity (Wildman–Crippen MR) is 109 cm³/mol. The topological polar surface area (TPSA) is 108 Å². The highest BCUT2D eigenvalue weighted by atomic mass is 32.2. The molecule has 0 bridgehead atoms. The molecule has 3 amide bonds. The molecule has 1 aliphatic carbocycles. The summed E-state index contributed by atoms with van der Waals surface area (Å²) in [5.41, 5.74) is 1.14. The first-order valence-corrected chi connectivity index (χ1v) is 11.2. The van der Waals surface area contributed by atoms with E-state index in [0.717, 1.165) is 25.7 Å². The van der Waals surface area contributed by atoms with Gasteiger partial charge in [0.15, 0.2) is 0 Å². The van der Waals surface area contributed by atoms with Gasteiger partial charge in [0.25, 0.3) is 0 Å². The highest BCUT2D eigenvalue weighted by molar-refractivity contribution is 7.89. The van der Waals surface area contributed by atoms with Crippen molar-refractivity contribution in [3.05, 3.63) is 23.8 Å². The maximum absolute atomic E-state index is 12.8. The van der Waals surface area contributed by atoms with Crippen LogP contribution in [0.5, 0.6) is 0 Å². The average Bonchev–Trinajstić information content (AvgIpc) is 3.14. The second kappa shape index (κ2) is 9.88. The van der Waals surface area contributed by atoms with Crippen molar-refractivity contribution in [3.8, 4) is 0 Å². The van der Waals surface area contributed by atoms with Crippen LogP contribution in [0, 0.1) is 6.92 Å². The second-order valence-corrected chi connectivity index (χ2v) is 8.83. The van der Waals surface area contributed by atoms with Gasteiger partial charge in [0, 0.05) is 24.8 Å². The zero-order valence-electron chi connectivity index (χ0n) is 16.7. The maximum Gasteiger partial charge on any atom is 0.321 e. The van der Waals surface area contributed by atoms with E-state index in [4.69, 9.17) is 0 Å². The standard InChI is InChI=1S/C19H30N4O4S/c1-4-23(5-2)28(26,27)17-12-16(11-10-14(17)3)20-13-18(24)22-19(25)21-15-8-6-7-9-15/h10-12,15,20H,4-9,13H2,1-3H3,(H2,21,22,24,25). The van der Waals surface area contributed by atoms with Gasteiger partial charge >= 0.3 is 6.03 Å². The minimum atomic E-state index is -3.60. The highest BCUT2D eigenvalue weighted by Crippen LogP contribution is 2.23. The van der Waals surface area contributed by atoms with E-state index < -0.39 is 22.0 Å². The molecule has 2 rings (SSSR count). The zero-order valence-corrected chi connectivity index (χ0v) is 17.6. The molecule has 0 unspecified atom stereocenters. The van der Waals surface area contributed by atoms with Gasteiger partial charge in [0.2, 0.25) is 15.9 Å². The number of nitrogens with zero attached hydrogens (tertiary/aromatic N) is 1. The Morgan fingerprint density at radius 1 is 1.14 bits per heavy atom. The van der Waals surface area contributed by atoms with Crippen LogP contribution >= 0.6 is 0 Å². The Morgan fingerprint density at radius 2 is 1.79 bits per heavy atom. The third-order valence-corrected chi connectivity index (χ3v) is 7.10. The average molecular weight is 411 g/mol. The number of benzene rings is 1. The Morgan fingerprint density at radius 3 is 2.39 bits per heavy atom. The number of urea groups is 1. The van der Waals surface area contributed by atoms with Crippen LogP contribution in [-0.4, -0.2) is 50.3 Å². The normalized spacial score (nSPS) is 14.9. The number of rotatable bonds is 8. The Labute approximate surface area is 167 Å². The lowest BCUT2D eigenvalue weighted by Gasteiger charge is -2.20. The van der Waals surface area contributed by atoms with Crippen molar-refractivity contribution in [1.82, 2.24) is 14.9 Å². The summed E-state index contributed by atoms with van der Waals surface area (Å²) in [7, 11) is -3.60. The van der Waals surface area contributed by atoms with Gasteiger partial charge in [-0.05, 0) is 37.5 Å². The Bertz CT molecular complexity index is 800. The third kappa shape index (κ3) is 5.68. The molecule has 1 fully saturated rings. The summed E-state index contributed by atoms with van der Waals surface area (Å²) in [5, 5.41) is 7.96. The summed E-state index contributed by atoms with van der Waals surface area (Å²) in [6.07, 6.45) is 4.05. The molecule has 0 radical (unpaired) electrons. The van der Waals surface area contributed by atoms with E-state index in [0.29, 0.717) is 24.3 Å². The monoisotopic (exact) mass is 410 g/mol. The Hall–Kier alpha value is -2.13. The van der Waals surface area contributed by atoms with Crippen LogP contribution < -0.4 is 16.0 Å². The first kappa shape index (κ1) is 22.2. The van der Waals surface area contributed by atoms with Crippen LogP contribution in [0.3, 0.4) is 0 Å². The number of hydrogen-bond donors (Lipinski definition) is 3. The van der Waals surface area contributed by atoms with Gasteiger partial charge in [-0.15, -0.1) is 0 Å². The van der Waals surface area contributed by atoms with E-state index in [1.54, 1.807) is 32.9 Å². The van der Waals surface area contributed by atoms with E-state index in [1.165, 1.54) is 10.4 Å². The lowest BCUT2D eigenvalue weighted by Crippen LogP contribution is -2.45. The molecule has 0 atom stereocenters. The van der Waals surface area contributed by atoms with Gasteiger partial charge in [-0.1, -0.05) is 32.8 Å². The lowest BCUT2D eigenvalue weighted by molar-refractivity contribution is -0.118. The maximum atomic E-state index is 12.8. The molecule has 8 nitrogen and oxygen atoms in total. The quantitative estimate of drug-likeness (QED) is 0.609. The molecule has 156 valence electrons. The van der Waals surface area contributed by atoms with Gasteiger partial charge in [0.05, 0.1) is 11.4 Å². The molecule has 1 aliphatic rings. The van der Waals surface area contributed by atoms with Gasteiger partial charge < -0.3 is 10.6 Å². The van der Waals surface area contributed by atoms with E-state index >= 15 is 0 Å². The highest BCUT2D eigenvalue weighted by Gasteiger charge is 2.24. The minimum Gasteiger partial charge on any atom is -0.376 e. The number of aryl methyl sites for hydroxylation is 1. The molecule has 0 saturated heterocycles. The zero-order chi connectivity index (χ0) is 20.7. The van der Waals surface area contributed by atoms with E-state index in [9.17, 15) is 18.0 Å². The van der Waals surface area contributed by atoms with Crippen LogP contribution in [0.1, 0.15) is 45.1 Å². The van der Waals surface area contributed by atoms with Crippen LogP contribution in [-0.2, 0) is 14.8 Å². The van der Waals surface area contributed by atoms with Crippen LogP contribution in [0.15, 0.2) is 23.1 Å². The molecule has 1 aromatic carbocycles. The summed E-state index contributed by atoms with van der Waals surface area (Å²) < 4.78 is 27.0. The van der Waals surface area contributed by atoms with E-state index in [-0.39, 0.29) is 17.5 Å². The molecule has 0 heterocycles. The molecule has 0 spiro atoms. The van der Waals surface area contributed by atoms with E-state index in [2.05, 4.69) is 16.0 Å². The van der Waals surface area contributed by atoms with Crippen molar-refractivity contribution in [2.45, 2.75) is 57.4 Å². The predicted octanol–water partition coefficient (Wildman–Crippen LogP) is 2.21. The number of amides is 3. The Balaban J connectivity index is 1.97. The molecule has 0 aliphatic heterocycles. The molecule has 1 saturated carbocycles. The summed E-state index contributed by atoms with van der Waals surface area (Å²) in [6.45, 7) is 5.95.